The molecular weight excluding hydrogens is 272 g/mol. The van der Waals surface area contributed by atoms with Crippen molar-refractivity contribution in [3.63, 3.8) is 0 Å². The third-order valence-corrected chi connectivity index (χ3v) is 2.02. The van der Waals surface area contributed by atoms with Gasteiger partial charge >= 0.3 is 0 Å². The highest BCUT2D eigenvalue weighted by Crippen LogP contribution is 2.20. The van der Waals surface area contributed by atoms with Gasteiger partial charge in [-0.2, -0.15) is 0 Å². The number of halogens is 3. The molecule has 5 nitrogen and oxygen atoms in total. The van der Waals surface area contributed by atoms with Crippen LogP contribution in [0.25, 0.3) is 0 Å². The maximum Gasteiger partial charge on any atom is 0.174 e. The van der Waals surface area contributed by atoms with Crippen molar-refractivity contribution in [2.24, 2.45) is 5.84 Å². The van der Waals surface area contributed by atoms with Crippen LogP contribution in [0.2, 0.25) is 5.15 Å². The smallest absolute Gasteiger partial charge is 0.174 e. The number of nitrogens with two attached hydrogens (primary N) is 1. The molecule has 94 valence electrons. The summed E-state index contributed by atoms with van der Waals surface area (Å²) >= 11 is 5.83. The number of unbranched alkanes of at least 4 members (excludes halogenated alkanes) is 1. The summed E-state index contributed by atoms with van der Waals surface area (Å²) < 4.78 is 0. The number of nitrogens with one attached hydrogen (secondary N) is 2. The van der Waals surface area contributed by atoms with E-state index < -0.39 is 0 Å². The highest BCUT2D eigenvalue weighted by molar-refractivity contribution is 6.31. The minimum atomic E-state index is 0. The van der Waals surface area contributed by atoms with Gasteiger partial charge in [-0.05, 0) is 6.42 Å². The van der Waals surface area contributed by atoms with Crippen LogP contribution in [0.5, 0.6) is 0 Å². The average molecular weight is 289 g/mol. The van der Waals surface area contributed by atoms with Gasteiger partial charge in [-0.1, -0.05) is 24.9 Å². The summed E-state index contributed by atoms with van der Waals surface area (Å²) in [6, 6.07) is 1.73. The molecule has 8 heteroatoms. The van der Waals surface area contributed by atoms with E-state index in [0.29, 0.717) is 11.0 Å². The molecular formula is C8H16Cl3N5. The lowest BCUT2D eigenvalue weighted by atomic mass is 10.3. The van der Waals surface area contributed by atoms with Crippen molar-refractivity contribution in [1.82, 2.24) is 10.2 Å². The fraction of sp³-hybridized carbons (Fsp3) is 0.500. The Morgan fingerprint density at radius 2 is 2.06 bits per heavy atom. The molecule has 0 unspecified atom stereocenters. The first kappa shape index (κ1) is 17.9. The Balaban J connectivity index is 0. The second kappa shape index (κ2) is 9.72. The van der Waals surface area contributed by atoms with Crippen LogP contribution >= 0.6 is 36.4 Å². The van der Waals surface area contributed by atoms with Gasteiger partial charge in [0.1, 0.15) is 0 Å². The lowest BCUT2D eigenvalue weighted by Crippen LogP contribution is -2.11. The molecule has 0 radical (unpaired) electrons. The van der Waals surface area contributed by atoms with Gasteiger partial charge in [0.25, 0.3) is 0 Å². The van der Waals surface area contributed by atoms with Crippen LogP contribution < -0.4 is 16.6 Å². The summed E-state index contributed by atoms with van der Waals surface area (Å²) in [5.74, 6) is 5.69. The third-order valence-electron chi connectivity index (χ3n) is 1.74. The topological polar surface area (TPSA) is 75.9 Å². The van der Waals surface area contributed by atoms with Gasteiger partial charge in [0, 0.05) is 12.6 Å². The molecule has 0 aliphatic carbocycles. The maximum atomic E-state index is 5.83. The molecule has 0 fully saturated rings. The van der Waals surface area contributed by atoms with Gasteiger partial charge in [-0.25, -0.2) is 5.84 Å². The Bertz CT molecular complexity index is 297. The normalized spacial score (nSPS) is 8.69. The first-order valence-corrected chi connectivity index (χ1v) is 4.89. The molecule has 0 aliphatic rings. The fourth-order valence-corrected chi connectivity index (χ4v) is 1.13. The van der Waals surface area contributed by atoms with Crippen molar-refractivity contribution in [3.05, 3.63) is 11.2 Å². The van der Waals surface area contributed by atoms with Gasteiger partial charge in [0.2, 0.25) is 0 Å². The fourth-order valence-electron chi connectivity index (χ4n) is 0.971. The highest BCUT2D eigenvalue weighted by atomic mass is 35.5. The highest BCUT2D eigenvalue weighted by Gasteiger charge is 2.02. The van der Waals surface area contributed by atoms with E-state index in [1.807, 2.05) is 0 Å². The van der Waals surface area contributed by atoms with Gasteiger partial charge < -0.3 is 10.7 Å². The Morgan fingerprint density at radius 3 is 2.62 bits per heavy atom. The van der Waals surface area contributed by atoms with Crippen molar-refractivity contribution < 1.29 is 0 Å². The molecule has 0 aliphatic heterocycles. The van der Waals surface area contributed by atoms with E-state index in [0.717, 1.165) is 25.1 Å². The molecule has 0 saturated heterocycles. The minimum absolute atomic E-state index is 0. The van der Waals surface area contributed by atoms with E-state index in [2.05, 4.69) is 27.9 Å². The summed E-state index contributed by atoms with van der Waals surface area (Å²) in [7, 11) is 0. The number of nitrogens with zero attached hydrogens (tertiary/aromatic N) is 2. The summed E-state index contributed by atoms with van der Waals surface area (Å²) in [6.07, 6.45) is 2.22. The second-order valence-corrected chi connectivity index (χ2v) is 3.22. The van der Waals surface area contributed by atoms with Crippen molar-refractivity contribution in [1.29, 1.82) is 0 Å². The maximum absolute atomic E-state index is 5.83. The van der Waals surface area contributed by atoms with Gasteiger partial charge in [0.05, 0.1) is 5.69 Å². The van der Waals surface area contributed by atoms with Crippen LogP contribution in [0.1, 0.15) is 19.8 Å². The summed E-state index contributed by atoms with van der Waals surface area (Å²) in [6.45, 7) is 2.99. The predicted molar refractivity (Wildman–Crippen MR) is 72.7 cm³/mol. The van der Waals surface area contributed by atoms with Crippen LogP contribution in [-0.4, -0.2) is 16.7 Å². The van der Waals surface area contributed by atoms with Crippen molar-refractivity contribution in [3.8, 4) is 0 Å². The molecule has 0 amide bonds. The zero-order valence-electron chi connectivity index (χ0n) is 8.86. The standard InChI is InChI=1S/C8H14ClN5.2ClH/c1-2-3-4-11-6-5-7(12-10)13-14-8(6)9;;/h5H,2-4,10H2,1H3,(H2,11,12,13);2*1H. The summed E-state index contributed by atoms with van der Waals surface area (Å²) in [4.78, 5) is 0. The Hall–Kier alpha value is -0.490. The molecule has 0 atom stereocenters. The van der Waals surface area contributed by atoms with E-state index in [4.69, 9.17) is 17.4 Å². The summed E-state index contributed by atoms with van der Waals surface area (Å²) in [5, 5.41) is 11.0. The van der Waals surface area contributed by atoms with E-state index in [9.17, 15) is 0 Å². The first-order chi connectivity index (χ1) is 6.77. The van der Waals surface area contributed by atoms with Crippen LogP contribution in [0.3, 0.4) is 0 Å². The number of aromatic nitrogens is 2. The van der Waals surface area contributed by atoms with E-state index in [1.54, 1.807) is 6.07 Å². The largest absolute Gasteiger partial charge is 0.382 e. The van der Waals surface area contributed by atoms with Crippen molar-refractivity contribution in [2.45, 2.75) is 19.8 Å². The van der Waals surface area contributed by atoms with Gasteiger partial charge in [0.15, 0.2) is 11.0 Å². The zero-order chi connectivity index (χ0) is 10.4. The number of hydrogen-bond donors (Lipinski definition) is 3. The summed E-state index contributed by atoms with van der Waals surface area (Å²) in [5.41, 5.74) is 3.17. The molecule has 0 saturated carbocycles. The molecule has 1 rings (SSSR count). The molecule has 0 spiro atoms. The number of rotatable bonds is 5. The number of nitrogen functional groups attached to an aromatic ring is 1. The van der Waals surface area contributed by atoms with Crippen molar-refractivity contribution in [2.75, 3.05) is 17.3 Å². The Morgan fingerprint density at radius 1 is 1.38 bits per heavy atom. The van der Waals surface area contributed by atoms with Crippen LogP contribution in [0.15, 0.2) is 6.07 Å². The quantitative estimate of drug-likeness (QED) is 0.441. The van der Waals surface area contributed by atoms with E-state index >= 15 is 0 Å². The predicted octanol–water partition coefficient (Wildman–Crippen LogP) is 2.47. The Labute approximate surface area is 112 Å². The second-order valence-electron chi connectivity index (χ2n) is 2.86. The molecule has 16 heavy (non-hydrogen) atoms. The first-order valence-electron chi connectivity index (χ1n) is 4.51. The third kappa shape index (κ3) is 5.55. The monoisotopic (exact) mass is 287 g/mol. The lowest BCUT2D eigenvalue weighted by molar-refractivity contribution is 0.832. The van der Waals surface area contributed by atoms with Crippen molar-refractivity contribution >= 4 is 47.9 Å². The Kier molecular flexibility index (Phi) is 10.9. The lowest BCUT2D eigenvalue weighted by Gasteiger charge is -2.07. The average Bonchev–Trinajstić information content (AvgIpc) is 2.21. The SMILES string of the molecule is CCCCNc1cc(NN)nnc1Cl.Cl.Cl. The molecule has 0 aromatic carbocycles. The number of hydrazine groups is 1. The number of hydrogen-bond acceptors (Lipinski definition) is 5. The molecule has 1 heterocycles. The van der Waals surface area contributed by atoms with E-state index in [-0.39, 0.29) is 24.8 Å². The number of anilines is 2. The molecule has 1 aromatic rings. The van der Waals surface area contributed by atoms with Crippen LogP contribution in [-0.2, 0) is 0 Å². The minimum Gasteiger partial charge on any atom is -0.382 e. The van der Waals surface area contributed by atoms with Crippen LogP contribution in [0, 0.1) is 0 Å². The molecule has 0 bridgehead atoms. The van der Waals surface area contributed by atoms with E-state index in [1.165, 1.54) is 0 Å². The van der Waals surface area contributed by atoms with Crippen LogP contribution in [0.4, 0.5) is 11.5 Å². The van der Waals surface area contributed by atoms with Gasteiger partial charge in [-0.15, -0.1) is 35.0 Å². The molecule has 4 N–H and O–H groups in total. The zero-order valence-corrected chi connectivity index (χ0v) is 11.3. The molecule has 1 aromatic heterocycles. The van der Waals surface area contributed by atoms with Gasteiger partial charge in [-0.3, -0.25) is 0 Å².